The Bertz CT molecular complexity index is 1080. The van der Waals surface area contributed by atoms with Crippen molar-refractivity contribution in [2.75, 3.05) is 26.2 Å². The standard InChI is InChI=1S/C23H21Cl2N3O3/c24-18-8-4-7-17(22(18)25)23(30)28-13-11-27(12-14-28)21(29)10-9-20-26-15-19(31-20)16-5-2-1-3-6-16/h1-8,15H,9-14H2. The van der Waals surface area contributed by atoms with Gasteiger partial charge in [0.15, 0.2) is 11.7 Å². The summed E-state index contributed by atoms with van der Waals surface area (Å²) in [6.45, 7) is 1.85. The highest BCUT2D eigenvalue weighted by Gasteiger charge is 2.26. The summed E-state index contributed by atoms with van der Waals surface area (Å²) in [5.41, 5.74) is 1.33. The summed E-state index contributed by atoms with van der Waals surface area (Å²) in [6.07, 6.45) is 2.42. The van der Waals surface area contributed by atoms with Crippen molar-refractivity contribution in [2.24, 2.45) is 0 Å². The average molecular weight is 458 g/mol. The molecule has 0 aliphatic carbocycles. The number of aromatic nitrogens is 1. The number of rotatable bonds is 5. The van der Waals surface area contributed by atoms with Crippen LogP contribution in [-0.2, 0) is 11.2 Å². The van der Waals surface area contributed by atoms with Gasteiger partial charge in [-0.15, -0.1) is 0 Å². The fourth-order valence-electron chi connectivity index (χ4n) is 3.53. The number of amides is 2. The molecule has 1 aromatic heterocycles. The third-order valence-corrected chi connectivity index (χ3v) is 6.09. The molecule has 3 aromatic rings. The quantitative estimate of drug-likeness (QED) is 0.562. The maximum absolute atomic E-state index is 12.7. The van der Waals surface area contributed by atoms with Gasteiger partial charge >= 0.3 is 0 Å². The van der Waals surface area contributed by atoms with E-state index in [1.165, 1.54) is 0 Å². The number of benzene rings is 2. The number of oxazole rings is 1. The zero-order chi connectivity index (χ0) is 21.8. The van der Waals surface area contributed by atoms with Crippen LogP contribution < -0.4 is 0 Å². The fraction of sp³-hybridized carbons (Fsp3) is 0.261. The lowest BCUT2D eigenvalue weighted by Gasteiger charge is -2.35. The van der Waals surface area contributed by atoms with Gasteiger partial charge in [0.05, 0.1) is 21.8 Å². The number of carbonyl (C=O) groups is 2. The van der Waals surface area contributed by atoms with Crippen molar-refractivity contribution in [3.05, 3.63) is 76.2 Å². The molecule has 0 bridgehead atoms. The first-order valence-electron chi connectivity index (χ1n) is 10.0. The second-order valence-electron chi connectivity index (χ2n) is 7.26. The Morgan fingerprint density at radius 3 is 2.39 bits per heavy atom. The number of nitrogens with zero attached hydrogens (tertiary/aromatic N) is 3. The van der Waals surface area contributed by atoms with Crippen molar-refractivity contribution >= 4 is 35.0 Å². The predicted molar refractivity (Wildman–Crippen MR) is 119 cm³/mol. The summed E-state index contributed by atoms with van der Waals surface area (Å²) < 4.78 is 5.77. The van der Waals surface area contributed by atoms with E-state index in [1.807, 2.05) is 30.3 Å². The van der Waals surface area contributed by atoms with Gasteiger partial charge in [0.2, 0.25) is 5.91 Å². The molecule has 0 N–H and O–H groups in total. The lowest BCUT2D eigenvalue weighted by Crippen LogP contribution is -2.50. The van der Waals surface area contributed by atoms with Gasteiger partial charge in [-0.1, -0.05) is 59.6 Å². The topological polar surface area (TPSA) is 66.7 Å². The minimum Gasteiger partial charge on any atom is -0.441 e. The van der Waals surface area contributed by atoms with E-state index in [1.54, 1.807) is 34.2 Å². The Morgan fingerprint density at radius 2 is 1.65 bits per heavy atom. The molecule has 0 atom stereocenters. The lowest BCUT2D eigenvalue weighted by molar-refractivity contribution is -0.132. The van der Waals surface area contributed by atoms with Crippen LogP contribution in [0, 0.1) is 0 Å². The van der Waals surface area contributed by atoms with Crippen molar-refractivity contribution in [3.8, 4) is 11.3 Å². The minimum atomic E-state index is -0.173. The van der Waals surface area contributed by atoms with E-state index in [2.05, 4.69) is 4.98 Å². The molecule has 0 unspecified atom stereocenters. The molecule has 0 spiro atoms. The van der Waals surface area contributed by atoms with Crippen LogP contribution in [0.1, 0.15) is 22.7 Å². The zero-order valence-corrected chi connectivity index (χ0v) is 18.3. The zero-order valence-electron chi connectivity index (χ0n) is 16.8. The van der Waals surface area contributed by atoms with Gasteiger partial charge in [0.25, 0.3) is 5.91 Å². The first-order chi connectivity index (χ1) is 15.0. The lowest BCUT2D eigenvalue weighted by atomic mass is 10.1. The monoisotopic (exact) mass is 457 g/mol. The summed E-state index contributed by atoms with van der Waals surface area (Å²) in [5, 5.41) is 0.608. The van der Waals surface area contributed by atoms with E-state index in [0.717, 1.165) is 5.56 Å². The molecule has 4 rings (SSSR count). The second kappa shape index (κ2) is 9.54. The van der Waals surface area contributed by atoms with Crippen LogP contribution in [0.3, 0.4) is 0 Å². The molecule has 8 heteroatoms. The molecule has 0 radical (unpaired) electrons. The van der Waals surface area contributed by atoms with Gasteiger partial charge < -0.3 is 14.2 Å². The molecule has 2 heterocycles. The molecule has 1 aliphatic heterocycles. The van der Waals surface area contributed by atoms with Gasteiger partial charge in [0, 0.05) is 44.6 Å². The molecule has 1 fully saturated rings. The minimum absolute atomic E-state index is 0.0207. The van der Waals surface area contributed by atoms with Crippen molar-refractivity contribution in [1.29, 1.82) is 0 Å². The Hall–Kier alpha value is -2.83. The number of hydrogen-bond acceptors (Lipinski definition) is 4. The number of hydrogen-bond donors (Lipinski definition) is 0. The Morgan fingerprint density at radius 1 is 0.935 bits per heavy atom. The number of halogens is 2. The van der Waals surface area contributed by atoms with Crippen LogP contribution >= 0.6 is 23.2 Å². The first kappa shape index (κ1) is 21.4. The molecule has 0 saturated carbocycles. The van der Waals surface area contributed by atoms with Crippen LogP contribution in [0.4, 0.5) is 0 Å². The summed E-state index contributed by atoms with van der Waals surface area (Å²) in [6, 6.07) is 14.7. The Labute approximate surface area is 190 Å². The SMILES string of the molecule is O=C(CCc1ncc(-c2ccccc2)o1)N1CCN(C(=O)c2cccc(Cl)c2Cl)CC1. The Kier molecular flexibility index (Phi) is 6.59. The van der Waals surface area contributed by atoms with E-state index in [9.17, 15) is 9.59 Å². The van der Waals surface area contributed by atoms with Crippen LogP contribution in [0.5, 0.6) is 0 Å². The maximum Gasteiger partial charge on any atom is 0.255 e. The summed E-state index contributed by atoms with van der Waals surface area (Å²) in [7, 11) is 0. The largest absolute Gasteiger partial charge is 0.441 e. The maximum atomic E-state index is 12.7. The number of carbonyl (C=O) groups excluding carboxylic acids is 2. The van der Waals surface area contributed by atoms with Crippen molar-refractivity contribution in [1.82, 2.24) is 14.8 Å². The smallest absolute Gasteiger partial charge is 0.255 e. The van der Waals surface area contributed by atoms with Crippen molar-refractivity contribution < 1.29 is 14.0 Å². The summed E-state index contributed by atoms with van der Waals surface area (Å²) in [4.78, 5) is 33.1. The summed E-state index contributed by atoms with van der Waals surface area (Å²) in [5.74, 6) is 1.08. The van der Waals surface area contributed by atoms with E-state index < -0.39 is 0 Å². The molecular weight excluding hydrogens is 437 g/mol. The predicted octanol–water partition coefficient (Wildman–Crippen LogP) is 4.57. The van der Waals surface area contributed by atoms with Gasteiger partial charge in [-0.2, -0.15) is 0 Å². The van der Waals surface area contributed by atoms with Crippen LogP contribution in [-0.4, -0.2) is 52.8 Å². The van der Waals surface area contributed by atoms with E-state index in [4.69, 9.17) is 27.6 Å². The fourth-order valence-corrected chi connectivity index (χ4v) is 3.91. The van der Waals surface area contributed by atoms with Crippen molar-refractivity contribution in [2.45, 2.75) is 12.8 Å². The highest BCUT2D eigenvalue weighted by Crippen LogP contribution is 2.27. The molecule has 2 aromatic carbocycles. The molecule has 160 valence electrons. The van der Waals surface area contributed by atoms with Crippen LogP contribution in [0.15, 0.2) is 59.1 Å². The molecule has 1 saturated heterocycles. The normalized spacial score (nSPS) is 14.0. The van der Waals surface area contributed by atoms with Gasteiger partial charge in [-0.3, -0.25) is 9.59 Å². The molecule has 6 nitrogen and oxygen atoms in total. The molecule has 1 aliphatic rings. The molecule has 31 heavy (non-hydrogen) atoms. The van der Waals surface area contributed by atoms with Gasteiger partial charge in [-0.25, -0.2) is 4.98 Å². The third-order valence-electron chi connectivity index (χ3n) is 5.27. The van der Waals surface area contributed by atoms with Gasteiger partial charge in [0.1, 0.15) is 0 Å². The van der Waals surface area contributed by atoms with Crippen LogP contribution in [0.25, 0.3) is 11.3 Å². The average Bonchev–Trinajstić information content (AvgIpc) is 3.29. The first-order valence-corrected chi connectivity index (χ1v) is 10.8. The number of aryl methyl sites for hydroxylation is 1. The third kappa shape index (κ3) is 4.92. The highest BCUT2D eigenvalue weighted by molar-refractivity contribution is 6.43. The van der Waals surface area contributed by atoms with E-state index in [0.29, 0.717) is 61.3 Å². The van der Waals surface area contributed by atoms with Gasteiger partial charge in [-0.05, 0) is 12.1 Å². The molecular formula is C23H21Cl2N3O3. The summed E-state index contributed by atoms with van der Waals surface area (Å²) >= 11 is 12.2. The van der Waals surface area contributed by atoms with Crippen molar-refractivity contribution in [3.63, 3.8) is 0 Å². The van der Waals surface area contributed by atoms with Crippen LogP contribution in [0.2, 0.25) is 10.0 Å². The molecule has 2 amide bonds. The number of piperazine rings is 1. The second-order valence-corrected chi connectivity index (χ2v) is 8.04. The highest BCUT2D eigenvalue weighted by atomic mass is 35.5. The van der Waals surface area contributed by atoms with E-state index >= 15 is 0 Å². The Balaban J connectivity index is 1.28. The van der Waals surface area contributed by atoms with E-state index in [-0.39, 0.29) is 16.8 Å².